The molecular formula is C24H24ClN3O3S. The van der Waals surface area contributed by atoms with Gasteiger partial charge in [-0.25, -0.2) is 4.98 Å². The number of fused-ring (bicyclic) bond motifs is 1. The van der Waals surface area contributed by atoms with Crippen LogP contribution in [-0.4, -0.2) is 22.5 Å². The summed E-state index contributed by atoms with van der Waals surface area (Å²) in [5.41, 5.74) is 2.05. The molecule has 1 aliphatic heterocycles. The molecule has 2 heterocycles. The van der Waals surface area contributed by atoms with E-state index in [9.17, 15) is 9.59 Å². The number of H-pyrrole nitrogens is 1. The molecule has 0 radical (unpaired) electrons. The fraction of sp³-hybridized carbons (Fsp3) is 0.292. The first-order valence-corrected chi connectivity index (χ1v) is 11.9. The van der Waals surface area contributed by atoms with Crippen molar-refractivity contribution in [1.82, 2.24) is 9.97 Å². The highest BCUT2D eigenvalue weighted by Crippen LogP contribution is 2.38. The molecule has 1 amide bonds. The molecule has 3 aromatic rings. The number of amides is 1. The molecule has 2 aromatic carbocycles. The van der Waals surface area contributed by atoms with Gasteiger partial charge < -0.3 is 15.0 Å². The van der Waals surface area contributed by atoms with Gasteiger partial charge in [0.05, 0.1) is 12.2 Å². The van der Waals surface area contributed by atoms with Crippen molar-refractivity contribution in [1.29, 1.82) is 0 Å². The maximum atomic E-state index is 13.1. The van der Waals surface area contributed by atoms with Crippen LogP contribution in [0.1, 0.15) is 48.8 Å². The van der Waals surface area contributed by atoms with Crippen molar-refractivity contribution >= 4 is 35.1 Å². The van der Waals surface area contributed by atoms with E-state index in [4.69, 9.17) is 16.3 Å². The zero-order valence-electron chi connectivity index (χ0n) is 17.7. The second-order valence-corrected chi connectivity index (χ2v) is 9.00. The number of para-hydroxylation sites is 1. The molecule has 6 nitrogen and oxygen atoms in total. The third kappa shape index (κ3) is 5.16. The summed E-state index contributed by atoms with van der Waals surface area (Å²) in [7, 11) is 0. The molecule has 1 aliphatic rings. The third-order valence-electron chi connectivity index (χ3n) is 5.24. The maximum absolute atomic E-state index is 13.1. The number of halogens is 1. The molecule has 32 heavy (non-hydrogen) atoms. The number of anilines is 1. The lowest BCUT2D eigenvalue weighted by molar-refractivity contribution is -0.116. The van der Waals surface area contributed by atoms with E-state index in [1.165, 1.54) is 11.8 Å². The van der Waals surface area contributed by atoms with Gasteiger partial charge in [0.2, 0.25) is 5.91 Å². The number of benzene rings is 2. The predicted molar refractivity (Wildman–Crippen MR) is 128 cm³/mol. The van der Waals surface area contributed by atoms with Crippen LogP contribution in [0.4, 0.5) is 5.82 Å². The first kappa shape index (κ1) is 22.4. The molecule has 1 unspecified atom stereocenters. The van der Waals surface area contributed by atoms with Crippen molar-refractivity contribution in [2.75, 3.05) is 11.9 Å². The molecule has 8 heteroatoms. The van der Waals surface area contributed by atoms with Gasteiger partial charge in [-0.2, -0.15) is 0 Å². The predicted octanol–water partition coefficient (Wildman–Crippen LogP) is 5.37. The fourth-order valence-electron chi connectivity index (χ4n) is 3.69. The Balaban J connectivity index is 1.63. The molecule has 0 spiro atoms. The minimum atomic E-state index is -0.417. The van der Waals surface area contributed by atoms with Gasteiger partial charge in [0.1, 0.15) is 11.6 Å². The standard InChI is InChI=1S/C24H24ClN3O3S/c1-2-3-11-31-19-10-5-4-9-17(19)18-13-20(29)26-22-21(18)23(30)28-24(27-22)32-14-15-7-6-8-16(25)12-15/h4-10,12,18H,2-3,11,13-14H2,1H3,(H2,26,27,28,29,30). The Bertz CT molecular complexity index is 1180. The zero-order chi connectivity index (χ0) is 22.5. The lowest BCUT2D eigenvalue weighted by Gasteiger charge is -2.26. The highest BCUT2D eigenvalue weighted by atomic mass is 35.5. The maximum Gasteiger partial charge on any atom is 0.257 e. The molecule has 0 bridgehead atoms. The minimum absolute atomic E-state index is 0.168. The number of thioether (sulfide) groups is 1. The average molecular weight is 470 g/mol. The Morgan fingerprint density at radius 3 is 2.84 bits per heavy atom. The van der Waals surface area contributed by atoms with Gasteiger partial charge in [0, 0.05) is 28.7 Å². The Morgan fingerprint density at radius 1 is 1.19 bits per heavy atom. The van der Waals surface area contributed by atoms with Crippen LogP contribution in [0.2, 0.25) is 5.02 Å². The molecule has 0 fully saturated rings. The zero-order valence-corrected chi connectivity index (χ0v) is 19.3. The summed E-state index contributed by atoms with van der Waals surface area (Å²) in [6, 6.07) is 15.1. The number of carbonyl (C=O) groups excluding carboxylic acids is 1. The summed E-state index contributed by atoms with van der Waals surface area (Å²) in [5.74, 6) is 1.01. The van der Waals surface area contributed by atoms with E-state index in [2.05, 4.69) is 22.2 Å². The molecule has 0 saturated heterocycles. The normalized spacial score (nSPS) is 15.2. The molecule has 0 saturated carbocycles. The van der Waals surface area contributed by atoms with Crippen molar-refractivity contribution in [3.8, 4) is 5.75 Å². The van der Waals surface area contributed by atoms with E-state index in [0.29, 0.717) is 39.7 Å². The average Bonchev–Trinajstić information content (AvgIpc) is 2.77. The molecule has 0 aliphatic carbocycles. The first-order valence-electron chi connectivity index (χ1n) is 10.6. The van der Waals surface area contributed by atoms with Crippen molar-refractivity contribution in [2.45, 2.75) is 43.0 Å². The van der Waals surface area contributed by atoms with Gasteiger partial charge in [-0.1, -0.05) is 67.0 Å². The number of aromatic nitrogens is 2. The smallest absolute Gasteiger partial charge is 0.257 e. The topological polar surface area (TPSA) is 84.1 Å². The summed E-state index contributed by atoms with van der Waals surface area (Å²) in [5, 5.41) is 3.88. The van der Waals surface area contributed by atoms with E-state index in [1.807, 2.05) is 48.5 Å². The van der Waals surface area contributed by atoms with Crippen molar-refractivity contribution in [3.05, 3.63) is 80.6 Å². The quantitative estimate of drug-likeness (QED) is 0.263. The number of nitrogens with zero attached hydrogens (tertiary/aromatic N) is 1. The van der Waals surface area contributed by atoms with Crippen LogP contribution >= 0.6 is 23.4 Å². The Hall–Kier alpha value is -2.77. The van der Waals surface area contributed by atoms with Crippen molar-refractivity contribution in [2.24, 2.45) is 0 Å². The number of carbonyl (C=O) groups is 1. The summed E-state index contributed by atoms with van der Waals surface area (Å²) in [6.45, 7) is 2.69. The third-order valence-corrected chi connectivity index (χ3v) is 6.42. The van der Waals surface area contributed by atoms with Crippen molar-refractivity contribution < 1.29 is 9.53 Å². The highest BCUT2D eigenvalue weighted by Gasteiger charge is 2.32. The number of ether oxygens (including phenoxy) is 1. The number of rotatable bonds is 8. The van der Waals surface area contributed by atoms with Gasteiger partial charge in [-0.05, 0) is 30.2 Å². The first-order chi connectivity index (χ1) is 15.5. The van der Waals surface area contributed by atoms with Crippen LogP contribution in [0.3, 0.4) is 0 Å². The van der Waals surface area contributed by atoms with Crippen LogP contribution < -0.4 is 15.6 Å². The number of aromatic amines is 1. The largest absolute Gasteiger partial charge is 0.493 e. The van der Waals surface area contributed by atoms with E-state index in [1.54, 1.807) is 0 Å². The highest BCUT2D eigenvalue weighted by molar-refractivity contribution is 7.98. The van der Waals surface area contributed by atoms with Gasteiger partial charge >= 0.3 is 0 Å². The summed E-state index contributed by atoms with van der Waals surface area (Å²) in [6.07, 6.45) is 2.13. The molecule has 4 rings (SSSR count). The van der Waals surface area contributed by atoms with E-state index < -0.39 is 5.92 Å². The van der Waals surface area contributed by atoms with E-state index in [-0.39, 0.29) is 17.9 Å². The van der Waals surface area contributed by atoms with Crippen LogP contribution in [0.25, 0.3) is 0 Å². The Kier molecular flexibility index (Phi) is 7.17. The van der Waals surface area contributed by atoms with Crippen LogP contribution in [0.5, 0.6) is 5.75 Å². The second-order valence-electron chi connectivity index (χ2n) is 7.60. The molecule has 1 aromatic heterocycles. The second kappa shape index (κ2) is 10.2. The van der Waals surface area contributed by atoms with Crippen LogP contribution in [-0.2, 0) is 10.5 Å². The number of nitrogens with one attached hydrogen (secondary N) is 2. The number of hydrogen-bond donors (Lipinski definition) is 2. The number of hydrogen-bond acceptors (Lipinski definition) is 5. The van der Waals surface area contributed by atoms with Crippen LogP contribution in [0.15, 0.2) is 58.5 Å². The van der Waals surface area contributed by atoms with Crippen molar-refractivity contribution in [3.63, 3.8) is 0 Å². The molecule has 2 N–H and O–H groups in total. The van der Waals surface area contributed by atoms with E-state index >= 15 is 0 Å². The van der Waals surface area contributed by atoms with Gasteiger partial charge in [-0.3, -0.25) is 9.59 Å². The SMILES string of the molecule is CCCCOc1ccccc1C1CC(=O)Nc2nc(SCc3cccc(Cl)c3)[nH]c(=O)c21. The summed E-state index contributed by atoms with van der Waals surface area (Å²) >= 11 is 7.43. The monoisotopic (exact) mass is 469 g/mol. The lowest BCUT2D eigenvalue weighted by Crippen LogP contribution is -2.31. The van der Waals surface area contributed by atoms with Crippen LogP contribution in [0, 0.1) is 0 Å². The lowest BCUT2D eigenvalue weighted by atomic mass is 9.86. The van der Waals surface area contributed by atoms with Gasteiger partial charge in [-0.15, -0.1) is 0 Å². The number of unbranched alkanes of at least 4 members (excludes halogenated alkanes) is 1. The molecule has 166 valence electrons. The minimum Gasteiger partial charge on any atom is -0.493 e. The Morgan fingerprint density at radius 2 is 2.03 bits per heavy atom. The van der Waals surface area contributed by atoms with Gasteiger partial charge in [0.25, 0.3) is 5.56 Å². The molecule has 1 atom stereocenters. The summed E-state index contributed by atoms with van der Waals surface area (Å²) in [4.78, 5) is 33.0. The fourth-order valence-corrected chi connectivity index (χ4v) is 4.71. The summed E-state index contributed by atoms with van der Waals surface area (Å²) < 4.78 is 5.96. The molecular weight excluding hydrogens is 446 g/mol. The Labute approximate surface area is 195 Å². The van der Waals surface area contributed by atoms with E-state index in [0.717, 1.165) is 24.0 Å². The van der Waals surface area contributed by atoms with Gasteiger partial charge in [0.15, 0.2) is 5.16 Å².